The van der Waals surface area contributed by atoms with E-state index in [0.717, 1.165) is 29.9 Å². The Morgan fingerprint density at radius 2 is 2.06 bits per heavy atom. The predicted molar refractivity (Wildman–Crippen MR) is 123 cm³/mol. The number of aromatic nitrogens is 2. The summed E-state index contributed by atoms with van der Waals surface area (Å²) in [4.78, 5) is 24.3. The van der Waals surface area contributed by atoms with Gasteiger partial charge in [0.2, 0.25) is 0 Å². The Morgan fingerprint density at radius 1 is 1.28 bits per heavy atom. The van der Waals surface area contributed by atoms with E-state index in [1.54, 1.807) is 0 Å². The Balaban J connectivity index is 1.74. The fourth-order valence-corrected chi connectivity index (χ4v) is 3.76. The summed E-state index contributed by atoms with van der Waals surface area (Å²) in [6.07, 6.45) is 11.9. The number of carbonyl (C=O) groups excluding carboxylic acids is 1. The lowest BCUT2D eigenvalue weighted by atomic mass is 9.86. The molecular formula is C25H27N3O4. The molecule has 1 heterocycles. The summed E-state index contributed by atoms with van der Waals surface area (Å²) >= 11 is 0. The predicted octanol–water partition coefficient (Wildman–Crippen LogP) is 3.73. The third-order valence-corrected chi connectivity index (χ3v) is 5.84. The van der Waals surface area contributed by atoms with Gasteiger partial charge in [-0.3, -0.25) is 9.59 Å². The minimum atomic E-state index is -0.807. The molecule has 1 aromatic heterocycles. The highest BCUT2D eigenvalue weighted by Crippen LogP contribution is 2.31. The van der Waals surface area contributed by atoms with Crippen molar-refractivity contribution < 1.29 is 14.6 Å². The maximum atomic E-state index is 12.2. The van der Waals surface area contributed by atoms with Crippen molar-refractivity contribution >= 4 is 11.5 Å². The van der Waals surface area contributed by atoms with E-state index in [4.69, 9.17) is 4.74 Å². The molecule has 32 heavy (non-hydrogen) atoms. The van der Waals surface area contributed by atoms with Crippen molar-refractivity contribution in [2.24, 2.45) is 5.92 Å². The lowest BCUT2D eigenvalue weighted by Crippen LogP contribution is -2.29. The summed E-state index contributed by atoms with van der Waals surface area (Å²) in [7, 11) is 1.41. The molecule has 7 heteroatoms. The van der Waals surface area contributed by atoms with Gasteiger partial charge in [0.05, 0.1) is 18.5 Å². The number of carbonyl (C=O) groups is 1. The largest absolute Gasteiger partial charge is 0.503 e. The Bertz CT molecular complexity index is 1190. The zero-order chi connectivity index (χ0) is 22.7. The maximum absolute atomic E-state index is 12.2. The van der Waals surface area contributed by atoms with Crippen LogP contribution in [0.15, 0.2) is 64.8 Å². The van der Waals surface area contributed by atoms with Gasteiger partial charge in [-0.2, -0.15) is 5.10 Å². The van der Waals surface area contributed by atoms with E-state index in [1.165, 1.54) is 42.8 Å². The van der Waals surface area contributed by atoms with Gasteiger partial charge < -0.3 is 15.2 Å². The third kappa shape index (κ3) is 4.51. The van der Waals surface area contributed by atoms with Crippen molar-refractivity contribution in [3.8, 4) is 11.4 Å². The number of nitrogens with one attached hydrogen (secondary N) is 1. The average Bonchev–Trinajstić information content (AvgIpc) is 2.95. The van der Waals surface area contributed by atoms with Crippen LogP contribution in [0, 0.1) is 5.92 Å². The summed E-state index contributed by atoms with van der Waals surface area (Å²) in [5, 5.41) is 16.7. The van der Waals surface area contributed by atoms with Crippen molar-refractivity contribution in [2.45, 2.75) is 32.6 Å². The molecule has 0 radical (unpaired) electrons. The highest BCUT2D eigenvalue weighted by Gasteiger charge is 2.20. The highest BCUT2D eigenvalue weighted by molar-refractivity contribution is 5.92. The van der Waals surface area contributed by atoms with Crippen molar-refractivity contribution in [1.29, 1.82) is 0 Å². The number of para-hydroxylation sites is 1. The van der Waals surface area contributed by atoms with E-state index in [1.807, 2.05) is 30.3 Å². The summed E-state index contributed by atoms with van der Waals surface area (Å²) in [6, 6.07) is 7.52. The SMILES string of the molecule is CNC(=O)c1nn(-c2ccccc2C2=CCC(C)=CC(OCC3CCC3)=C2)cc(O)c1=O. The topological polar surface area (TPSA) is 93.5 Å². The van der Waals surface area contributed by atoms with Crippen LogP contribution in [0.2, 0.25) is 0 Å². The van der Waals surface area contributed by atoms with Gasteiger partial charge in [-0.25, -0.2) is 4.68 Å². The molecule has 2 aliphatic rings. The summed E-state index contributed by atoms with van der Waals surface area (Å²) in [5.41, 5.74) is 2.44. The van der Waals surface area contributed by atoms with E-state index >= 15 is 0 Å². The smallest absolute Gasteiger partial charge is 0.275 e. The van der Waals surface area contributed by atoms with Crippen LogP contribution in [0.3, 0.4) is 0 Å². The van der Waals surface area contributed by atoms with Gasteiger partial charge in [0.25, 0.3) is 11.3 Å². The molecule has 0 saturated heterocycles. The van der Waals surface area contributed by atoms with Gasteiger partial charge in [-0.05, 0) is 55.9 Å². The molecule has 4 rings (SSSR count). The lowest BCUT2D eigenvalue weighted by molar-refractivity contribution is 0.0954. The van der Waals surface area contributed by atoms with Crippen LogP contribution in [0.25, 0.3) is 11.3 Å². The molecule has 0 spiro atoms. The van der Waals surface area contributed by atoms with E-state index in [0.29, 0.717) is 11.6 Å². The molecule has 1 amide bonds. The summed E-state index contributed by atoms with van der Waals surface area (Å²) in [5.74, 6) is 0.247. The van der Waals surface area contributed by atoms with Crippen LogP contribution in [-0.4, -0.2) is 34.4 Å². The molecule has 0 aliphatic heterocycles. The van der Waals surface area contributed by atoms with Crippen molar-refractivity contribution in [2.75, 3.05) is 13.7 Å². The van der Waals surface area contributed by atoms with Gasteiger partial charge in [0.15, 0.2) is 11.4 Å². The fraction of sp³-hybridized carbons (Fsp3) is 0.320. The van der Waals surface area contributed by atoms with Crippen LogP contribution in [-0.2, 0) is 4.74 Å². The van der Waals surface area contributed by atoms with Crippen molar-refractivity contribution in [1.82, 2.24) is 15.1 Å². The first-order chi connectivity index (χ1) is 15.5. The van der Waals surface area contributed by atoms with E-state index in [-0.39, 0.29) is 5.69 Å². The number of aromatic hydroxyl groups is 1. The van der Waals surface area contributed by atoms with E-state index < -0.39 is 17.1 Å². The van der Waals surface area contributed by atoms with Crippen LogP contribution < -0.4 is 10.7 Å². The molecule has 1 saturated carbocycles. The standard InChI is InChI=1S/C25H27N3O4/c1-16-10-11-18(13-19(12-16)32-15-17-6-5-7-17)20-8-3-4-9-21(20)28-14-22(29)24(30)23(27-28)25(31)26-2/h3-4,8-9,11-14,17,29H,5-7,10,15H2,1-2H3,(H,26,31). The number of rotatable bonds is 6. The number of amides is 1. The molecule has 166 valence electrons. The molecule has 0 bridgehead atoms. The minimum absolute atomic E-state index is 0.366. The zero-order valence-electron chi connectivity index (χ0n) is 18.3. The second-order valence-corrected chi connectivity index (χ2v) is 8.24. The first-order valence-electron chi connectivity index (χ1n) is 10.8. The van der Waals surface area contributed by atoms with Crippen LogP contribution in [0.5, 0.6) is 5.75 Å². The Hall–Kier alpha value is -3.61. The second-order valence-electron chi connectivity index (χ2n) is 8.24. The third-order valence-electron chi connectivity index (χ3n) is 5.84. The summed E-state index contributed by atoms with van der Waals surface area (Å²) in [6.45, 7) is 2.79. The fourth-order valence-electron chi connectivity index (χ4n) is 3.76. The van der Waals surface area contributed by atoms with Crippen LogP contribution in [0.1, 0.15) is 48.7 Å². The molecule has 1 fully saturated rings. The minimum Gasteiger partial charge on any atom is -0.503 e. The molecule has 2 aliphatic carbocycles. The van der Waals surface area contributed by atoms with Crippen molar-refractivity contribution in [3.05, 3.63) is 81.5 Å². The number of nitrogens with zero attached hydrogens (tertiary/aromatic N) is 2. The van der Waals surface area contributed by atoms with Gasteiger partial charge in [-0.15, -0.1) is 0 Å². The van der Waals surface area contributed by atoms with Gasteiger partial charge >= 0.3 is 0 Å². The van der Waals surface area contributed by atoms with Crippen LogP contribution >= 0.6 is 0 Å². The van der Waals surface area contributed by atoms with Gasteiger partial charge in [0.1, 0.15) is 5.76 Å². The normalized spacial score (nSPS) is 16.2. The first-order valence-corrected chi connectivity index (χ1v) is 10.8. The number of benzene rings is 1. The molecule has 7 nitrogen and oxygen atoms in total. The first kappa shape index (κ1) is 21.6. The van der Waals surface area contributed by atoms with E-state index in [2.05, 4.69) is 29.5 Å². The number of ether oxygens (including phenoxy) is 1. The Labute approximate surface area is 186 Å². The Kier molecular flexibility index (Phi) is 6.25. The Morgan fingerprint density at radius 3 is 2.78 bits per heavy atom. The molecular weight excluding hydrogens is 406 g/mol. The molecule has 2 N–H and O–H groups in total. The molecule has 0 atom stereocenters. The average molecular weight is 434 g/mol. The number of hydrogen-bond donors (Lipinski definition) is 2. The monoisotopic (exact) mass is 433 g/mol. The molecule has 2 aromatic rings. The number of hydrogen-bond acceptors (Lipinski definition) is 5. The maximum Gasteiger partial charge on any atom is 0.275 e. The lowest BCUT2D eigenvalue weighted by Gasteiger charge is -2.25. The molecule has 0 unspecified atom stereocenters. The zero-order valence-corrected chi connectivity index (χ0v) is 18.3. The van der Waals surface area contributed by atoms with Gasteiger partial charge in [-0.1, -0.05) is 36.3 Å². The quantitative estimate of drug-likeness (QED) is 0.724. The van der Waals surface area contributed by atoms with Crippen LogP contribution in [0.4, 0.5) is 0 Å². The van der Waals surface area contributed by atoms with Crippen molar-refractivity contribution in [3.63, 3.8) is 0 Å². The summed E-state index contributed by atoms with van der Waals surface area (Å²) < 4.78 is 7.49. The van der Waals surface area contributed by atoms with E-state index in [9.17, 15) is 14.7 Å². The van der Waals surface area contributed by atoms with Gasteiger partial charge in [0, 0.05) is 12.6 Å². The highest BCUT2D eigenvalue weighted by atomic mass is 16.5. The number of allylic oxidation sites excluding steroid dienone is 5. The molecule has 1 aromatic carbocycles. The second kappa shape index (κ2) is 9.26.